The molecule has 0 spiro atoms. The van der Waals surface area contributed by atoms with Crippen molar-refractivity contribution >= 4 is 5.82 Å². The van der Waals surface area contributed by atoms with Crippen LogP contribution in [0.15, 0.2) is 24.7 Å². The highest BCUT2D eigenvalue weighted by atomic mass is 15.3. The van der Waals surface area contributed by atoms with Gasteiger partial charge in [0.1, 0.15) is 12.1 Å². The molecule has 0 aliphatic carbocycles. The van der Waals surface area contributed by atoms with E-state index in [4.69, 9.17) is 0 Å². The minimum Gasteiger partial charge on any atom is -0.347 e. The van der Waals surface area contributed by atoms with Crippen molar-refractivity contribution in [2.45, 2.75) is 33.0 Å². The average Bonchev–Trinajstić information content (AvgIpc) is 2.95. The SMILES string of the molecule is CCNC(C)c1ccc(N2CCn3cnnc3C2)nc1. The molecule has 0 fully saturated rings. The summed E-state index contributed by atoms with van der Waals surface area (Å²) in [5.41, 5.74) is 1.22. The van der Waals surface area contributed by atoms with E-state index in [9.17, 15) is 0 Å². The first-order valence-electron chi connectivity index (χ1n) is 7.09. The van der Waals surface area contributed by atoms with Crippen molar-refractivity contribution < 1.29 is 0 Å². The summed E-state index contributed by atoms with van der Waals surface area (Å²) in [5, 5.41) is 11.5. The first-order chi connectivity index (χ1) is 9.78. The van der Waals surface area contributed by atoms with E-state index < -0.39 is 0 Å². The Balaban J connectivity index is 1.72. The Kier molecular flexibility index (Phi) is 3.64. The Morgan fingerprint density at radius 2 is 2.25 bits per heavy atom. The summed E-state index contributed by atoms with van der Waals surface area (Å²) >= 11 is 0. The van der Waals surface area contributed by atoms with Crippen LogP contribution in [0, 0.1) is 0 Å². The maximum atomic E-state index is 4.59. The first-order valence-corrected chi connectivity index (χ1v) is 7.09. The van der Waals surface area contributed by atoms with E-state index in [-0.39, 0.29) is 0 Å². The Bertz CT molecular complexity index is 561. The second-order valence-electron chi connectivity index (χ2n) is 5.09. The van der Waals surface area contributed by atoms with Crippen molar-refractivity contribution in [1.29, 1.82) is 0 Å². The summed E-state index contributed by atoms with van der Waals surface area (Å²) in [4.78, 5) is 6.83. The number of rotatable bonds is 4. The van der Waals surface area contributed by atoms with Crippen LogP contribution in [-0.4, -0.2) is 32.8 Å². The molecule has 0 aromatic carbocycles. The lowest BCUT2D eigenvalue weighted by Crippen LogP contribution is -2.34. The van der Waals surface area contributed by atoms with Gasteiger partial charge >= 0.3 is 0 Å². The van der Waals surface area contributed by atoms with E-state index >= 15 is 0 Å². The molecule has 1 unspecified atom stereocenters. The van der Waals surface area contributed by atoms with Gasteiger partial charge in [-0.05, 0) is 25.1 Å². The molecule has 1 aliphatic heterocycles. The van der Waals surface area contributed by atoms with Crippen LogP contribution in [0.25, 0.3) is 0 Å². The van der Waals surface area contributed by atoms with Gasteiger partial charge < -0.3 is 14.8 Å². The minimum absolute atomic E-state index is 0.339. The van der Waals surface area contributed by atoms with Crippen LogP contribution in [0.5, 0.6) is 0 Å². The van der Waals surface area contributed by atoms with Crippen LogP contribution in [0.2, 0.25) is 0 Å². The standard InChI is InChI=1S/C14H20N6/c1-3-15-11(2)12-4-5-13(16-8-12)19-6-7-20-10-17-18-14(20)9-19/h4-5,8,10-11,15H,3,6-7,9H2,1-2H3. The van der Waals surface area contributed by atoms with Gasteiger partial charge in [0.25, 0.3) is 0 Å². The highest BCUT2D eigenvalue weighted by molar-refractivity contribution is 5.40. The van der Waals surface area contributed by atoms with E-state index in [1.54, 1.807) is 6.33 Å². The number of pyridine rings is 1. The molecule has 3 rings (SSSR count). The smallest absolute Gasteiger partial charge is 0.152 e. The molecule has 1 atom stereocenters. The van der Waals surface area contributed by atoms with Crippen LogP contribution in [-0.2, 0) is 13.1 Å². The third kappa shape index (κ3) is 2.51. The number of nitrogens with one attached hydrogen (secondary N) is 1. The van der Waals surface area contributed by atoms with Crippen LogP contribution in [0.4, 0.5) is 5.82 Å². The molecule has 106 valence electrons. The lowest BCUT2D eigenvalue weighted by Gasteiger charge is -2.28. The molecule has 0 saturated heterocycles. The first kappa shape index (κ1) is 13.1. The van der Waals surface area contributed by atoms with Crippen LogP contribution in [0.1, 0.15) is 31.3 Å². The molecule has 6 nitrogen and oxygen atoms in total. The van der Waals surface area contributed by atoms with E-state index in [0.29, 0.717) is 6.04 Å². The minimum atomic E-state index is 0.339. The zero-order valence-electron chi connectivity index (χ0n) is 12.0. The second kappa shape index (κ2) is 5.58. The zero-order chi connectivity index (χ0) is 13.9. The lowest BCUT2D eigenvalue weighted by atomic mass is 10.1. The summed E-state index contributed by atoms with van der Waals surface area (Å²) in [5.74, 6) is 2.01. The molecule has 0 radical (unpaired) electrons. The molecule has 2 aromatic rings. The third-order valence-corrected chi connectivity index (χ3v) is 3.74. The predicted molar refractivity (Wildman–Crippen MR) is 77.4 cm³/mol. The van der Waals surface area contributed by atoms with Gasteiger partial charge in [-0.2, -0.15) is 0 Å². The number of aromatic nitrogens is 4. The maximum Gasteiger partial charge on any atom is 0.152 e. The summed E-state index contributed by atoms with van der Waals surface area (Å²) in [6.07, 6.45) is 3.75. The van der Waals surface area contributed by atoms with Crippen LogP contribution < -0.4 is 10.2 Å². The average molecular weight is 272 g/mol. The monoisotopic (exact) mass is 272 g/mol. The molecule has 3 heterocycles. The highest BCUT2D eigenvalue weighted by Gasteiger charge is 2.18. The summed E-state index contributed by atoms with van der Waals surface area (Å²) in [6, 6.07) is 4.58. The van der Waals surface area contributed by atoms with Crippen molar-refractivity contribution in [2.75, 3.05) is 18.0 Å². The molecule has 20 heavy (non-hydrogen) atoms. The predicted octanol–water partition coefficient (Wildman–Crippen LogP) is 1.36. The van der Waals surface area contributed by atoms with Crippen molar-refractivity contribution in [1.82, 2.24) is 25.1 Å². The Hall–Kier alpha value is -1.95. The number of nitrogens with zero attached hydrogens (tertiary/aromatic N) is 5. The van der Waals surface area contributed by atoms with E-state index in [2.05, 4.69) is 55.9 Å². The third-order valence-electron chi connectivity index (χ3n) is 3.74. The molecule has 1 N–H and O–H groups in total. The quantitative estimate of drug-likeness (QED) is 0.911. The van der Waals surface area contributed by atoms with Gasteiger partial charge in [-0.15, -0.1) is 10.2 Å². The number of fused-ring (bicyclic) bond motifs is 1. The molecule has 6 heteroatoms. The van der Waals surface area contributed by atoms with E-state index in [1.165, 1.54) is 5.56 Å². The van der Waals surface area contributed by atoms with Crippen molar-refractivity contribution in [2.24, 2.45) is 0 Å². The Labute approximate surface area is 118 Å². The fourth-order valence-corrected chi connectivity index (χ4v) is 2.53. The van der Waals surface area contributed by atoms with Crippen molar-refractivity contribution in [3.05, 3.63) is 36.0 Å². The normalized spacial score (nSPS) is 16.0. The fourth-order valence-electron chi connectivity index (χ4n) is 2.53. The number of hydrogen-bond acceptors (Lipinski definition) is 5. The van der Waals surface area contributed by atoms with Gasteiger partial charge in [0.05, 0.1) is 6.54 Å². The molecule has 0 bridgehead atoms. The number of hydrogen-bond donors (Lipinski definition) is 1. The molecule has 1 aliphatic rings. The van der Waals surface area contributed by atoms with Crippen molar-refractivity contribution in [3.63, 3.8) is 0 Å². The van der Waals surface area contributed by atoms with Crippen LogP contribution >= 0.6 is 0 Å². The lowest BCUT2D eigenvalue weighted by molar-refractivity contribution is 0.555. The zero-order valence-corrected chi connectivity index (χ0v) is 12.0. The van der Waals surface area contributed by atoms with E-state index in [1.807, 2.05) is 6.20 Å². The topological polar surface area (TPSA) is 58.9 Å². The van der Waals surface area contributed by atoms with Gasteiger partial charge in [-0.1, -0.05) is 13.0 Å². The number of anilines is 1. The Morgan fingerprint density at radius 1 is 1.35 bits per heavy atom. The van der Waals surface area contributed by atoms with Crippen LogP contribution in [0.3, 0.4) is 0 Å². The van der Waals surface area contributed by atoms with Gasteiger partial charge in [-0.3, -0.25) is 0 Å². The molecular weight excluding hydrogens is 252 g/mol. The molecule has 0 amide bonds. The van der Waals surface area contributed by atoms with Gasteiger partial charge in [0, 0.05) is 25.3 Å². The summed E-state index contributed by atoms with van der Waals surface area (Å²) in [6.45, 7) is 7.87. The summed E-state index contributed by atoms with van der Waals surface area (Å²) in [7, 11) is 0. The molecular formula is C14H20N6. The van der Waals surface area contributed by atoms with Crippen molar-refractivity contribution in [3.8, 4) is 0 Å². The summed E-state index contributed by atoms with van der Waals surface area (Å²) < 4.78 is 2.10. The van der Waals surface area contributed by atoms with Gasteiger partial charge in [-0.25, -0.2) is 4.98 Å². The maximum absolute atomic E-state index is 4.59. The fraction of sp³-hybridized carbons (Fsp3) is 0.500. The largest absolute Gasteiger partial charge is 0.347 e. The van der Waals surface area contributed by atoms with Gasteiger partial charge in [0.15, 0.2) is 5.82 Å². The molecule has 0 saturated carbocycles. The second-order valence-corrected chi connectivity index (χ2v) is 5.09. The Morgan fingerprint density at radius 3 is 3.00 bits per heavy atom. The van der Waals surface area contributed by atoms with E-state index in [0.717, 1.165) is 37.8 Å². The highest BCUT2D eigenvalue weighted by Crippen LogP contribution is 2.19. The van der Waals surface area contributed by atoms with Gasteiger partial charge in [0.2, 0.25) is 0 Å². The molecule has 2 aromatic heterocycles.